The molecule has 0 radical (unpaired) electrons. The van der Waals surface area contributed by atoms with Gasteiger partial charge < -0.3 is 18.9 Å². The molecule has 7 nitrogen and oxygen atoms in total. The van der Waals surface area contributed by atoms with E-state index in [0.29, 0.717) is 28.6 Å². The molecule has 0 fully saturated rings. The Morgan fingerprint density at radius 3 is 2.31 bits per heavy atom. The lowest BCUT2D eigenvalue weighted by molar-refractivity contribution is -0.123. The third-order valence-corrected chi connectivity index (χ3v) is 3.58. The predicted octanol–water partition coefficient (Wildman–Crippen LogP) is 2.55. The Kier molecular flexibility index (Phi) is 6.84. The number of aryl methyl sites for hydroxylation is 1. The van der Waals surface area contributed by atoms with Gasteiger partial charge in [0.1, 0.15) is 11.5 Å². The Labute approximate surface area is 152 Å². The summed E-state index contributed by atoms with van der Waals surface area (Å²) in [5, 5.41) is 3.93. The molecule has 0 spiro atoms. The van der Waals surface area contributed by atoms with Crippen molar-refractivity contribution in [3.63, 3.8) is 0 Å². The number of ether oxygens (including phenoxy) is 4. The predicted molar refractivity (Wildman–Crippen MR) is 98.5 cm³/mol. The van der Waals surface area contributed by atoms with Crippen LogP contribution in [0.5, 0.6) is 23.0 Å². The van der Waals surface area contributed by atoms with Crippen LogP contribution in [0, 0.1) is 6.92 Å². The summed E-state index contributed by atoms with van der Waals surface area (Å²) in [6.07, 6.45) is 1.46. The summed E-state index contributed by atoms with van der Waals surface area (Å²) in [7, 11) is 4.61. The van der Waals surface area contributed by atoms with E-state index < -0.39 is 0 Å². The van der Waals surface area contributed by atoms with Crippen LogP contribution in [0.4, 0.5) is 0 Å². The lowest BCUT2D eigenvalue weighted by Gasteiger charge is -2.11. The number of nitrogens with zero attached hydrogens (tertiary/aromatic N) is 1. The molecular weight excluding hydrogens is 336 g/mol. The van der Waals surface area contributed by atoms with Gasteiger partial charge in [-0.25, -0.2) is 5.43 Å². The number of rotatable bonds is 8. The summed E-state index contributed by atoms with van der Waals surface area (Å²) >= 11 is 0. The van der Waals surface area contributed by atoms with Crippen LogP contribution in [0.1, 0.15) is 11.1 Å². The van der Waals surface area contributed by atoms with E-state index in [2.05, 4.69) is 10.5 Å². The molecule has 1 amide bonds. The second-order valence-corrected chi connectivity index (χ2v) is 5.30. The zero-order valence-corrected chi connectivity index (χ0v) is 15.2. The monoisotopic (exact) mass is 358 g/mol. The molecule has 0 unspecified atom stereocenters. The van der Waals surface area contributed by atoms with Crippen LogP contribution in [0.3, 0.4) is 0 Å². The molecule has 2 aromatic carbocycles. The van der Waals surface area contributed by atoms with Crippen LogP contribution >= 0.6 is 0 Å². The van der Waals surface area contributed by atoms with Crippen molar-refractivity contribution >= 4 is 12.1 Å². The second-order valence-electron chi connectivity index (χ2n) is 5.30. The third kappa shape index (κ3) is 4.89. The van der Waals surface area contributed by atoms with Gasteiger partial charge in [-0.2, -0.15) is 5.10 Å². The number of carbonyl (C=O) groups is 1. The van der Waals surface area contributed by atoms with E-state index in [1.54, 1.807) is 25.3 Å². The molecular formula is C19H22N2O5. The first-order valence-corrected chi connectivity index (χ1v) is 7.89. The van der Waals surface area contributed by atoms with E-state index in [1.165, 1.54) is 20.4 Å². The topological polar surface area (TPSA) is 78.4 Å². The van der Waals surface area contributed by atoms with E-state index in [9.17, 15) is 4.79 Å². The normalized spacial score (nSPS) is 10.5. The van der Waals surface area contributed by atoms with Crippen molar-refractivity contribution in [1.29, 1.82) is 0 Å². The third-order valence-electron chi connectivity index (χ3n) is 3.58. The van der Waals surface area contributed by atoms with Gasteiger partial charge in [-0.1, -0.05) is 18.2 Å². The fraction of sp³-hybridized carbons (Fsp3) is 0.263. The van der Waals surface area contributed by atoms with Crippen molar-refractivity contribution in [3.05, 3.63) is 47.5 Å². The zero-order valence-electron chi connectivity index (χ0n) is 15.2. The maximum Gasteiger partial charge on any atom is 0.277 e. The minimum absolute atomic E-state index is 0.134. The molecule has 0 atom stereocenters. The molecule has 138 valence electrons. The van der Waals surface area contributed by atoms with E-state index in [-0.39, 0.29) is 12.5 Å². The Balaban J connectivity index is 1.99. The van der Waals surface area contributed by atoms with Gasteiger partial charge in [-0.15, -0.1) is 0 Å². The molecule has 0 aliphatic heterocycles. The first kappa shape index (κ1) is 19.1. The van der Waals surface area contributed by atoms with Crippen molar-refractivity contribution < 1.29 is 23.7 Å². The number of carbonyl (C=O) groups excluding carboxylic acids is 1. The van der Waals surface area contributed by atoms with Gasteiger partial charge in [0.2, 0.25) is 0 Å². The maximum atomic E-state index is 11.9. The molecule has 0 bridgehead atoms. The van der Waals surface area contributed by atoms with E-state index >= 15 is 0 Å². The van der Waals surface area contributed by atoms with Crippen LogP contribution in [-0.4, -0.2) is 40.1 Å². The van der Waals surface area contributed by atoms with E-state index in [4.69, 9.17) is 18.9 Å². The molecule has 0 aromatic heterocycles. The lowest BCUT2D eigenvalue weighted by Crippen LogP contribution is -2.24. The molecule has 2 rings (SSSR count). The summed E-state index contributed by atoms with van der Waals surface area (Å²) in [4.78, 5) is 11.9. The average molecular weight is 358 g/mol. The van der Waals surface area contributed by atoms with Gasteiger partial charge in [0.05, 0.1) is 27.5 Å². The molecule has 0 heterocycles. The fourth-order valence-corrected chi connectivity index (χ4v) is 2.22. The second kappa shape index (κ2) is 9.31. The molecule has 0 saturated heterocycles. The quantitative estimate of drug-likeness (QED) is 0.580. The van der Waals surface area contributed by atoms with Crippen LogP contribution in [-0.2, 0) is 4.79 Å². The van der Waals surface area contributed by atoms with Crippen LogP contribution < -0.4 is 24.4 Å². The van der Waals surface area contributed by atoms with Gasteiger partial charge in [-0.3, -0.25) is 4.79 Å². The van der Waals surface area contributed by atoms with Crippen molar-refractivity contribution in [2.75, 3.05) is 27.9 Å². The number of hydrogen-bond donors (Lipinski definition) is 1. The Morgan fingerprint density at radius 1 is 1.00 bits per heavy atom. The van der Waals surface area contributed by atoms with Crippen LogP contribution in [0.2, 0.25) is 0 Å². The number of benzene rings is 2. The van der Waals surface area contributed by atoms with Crippen LogP contribution in [0.25, 0.3) is 0 Å². The summed E-state index contributed by atoms with van der Waals surface area (Å²) in [6, 6.07) is 10.9. The van der Waals surface area contributed by atoms with Gasteiger partial charge >= 0.3 is 0 Å². The summed E-state index contributed by atoms with van der Waals surface area (Å²) in [5.74, 6) is 1.90. The van der Waals surface area contributed by atoms with Crippen molar-refractivity contribution in [3.8, 4) is 23.0 Å². The number of methoxy groups -OCH3 is 3. The molecule has 1 N–H and O–H groups in total. The molecule has 2 aromatic rings. The first-order valence-electron chi connectivity index (χ1n) is 7.89. The highest BCUT2D eigenvalue weighted by Gasteiger charge is 2.10. The Morgan fingerprint density at radius 2 is 1.65 bits per heavy atom. The summed E-state index contributed by atoms with van der Waals surface area (Å²) in [5.41, 5.74) is 4.00. The van der Waals surface area contributed by atoms with Crippen molar-refractivity contribution in [1.82, 2.24) is 5.43 Å². The van der Waals surface area contributed by atoms with Crippen LogP contribution in [0.15, 0.2) is 41.5 Å². The molecule has 0 saturated carbocycles. The van der Waals surface area contributed by atoms with Gasteiger partial charge in [0.15, 0.2) is 18.1 Å². The number of para-hydroxylation sites is 1. The molecule has 7 heteroatoms. The number of nitrogens with one attached hydrogen (secondary N) is 1. The standard InChI is InChI=1S/C19H22N2O5/c1-13-7-5-6-8-15(13)26-12-19(22)21-20-11-14-9-17(24-3)18(25-4)10-16(14)23-2/h5-11H,12H2,1-4H3,(H,21,22)/b20-11-. The molecule has 26 heavy (non-hydrogen) atoms. The van der Waals surface area contributed by atoms with Crippen molar-refractivity contribution in [2.24, 2.45) is 5.10 Å². The smallest absolute Gasteiger partial charge is 0.277 e. The average Bonchev–Trinajstić information content (AvgIpc) is 2.66. The summed E-state index contributed by atoms with van der Waals surface area (Å²) < 4.78 is 21.2. The minimum Gasteiger partial charge on any atom is -0.496 e. The lowest BCUT2D eigenvalue weighted by atomic mass is 10.2. The largest absolute Gasteiger partial charge is 0.496 e. The van der Waals surface area contributed by atoms with Gasteiger partial charge in [-0.05, 0) is 24.6 Å². The Bertz CT molecular complexity index is 789. The zero-order chi connectivity index (χ0) is 18.9. The highest BCUT2D eigenvalue weighted by atomic mass is 16.5. The summed E-state index contributed by atoms with van der Waals surface area (Å²) in [6.45, 7) is 1.78. The SMILES string of the molecule is COc1cc(OC)c(OC)cc1/C=N\NC(=O)COc1ccccc1C. The highest BCUT2D eigenvalue weighted by Crippen LogP contribution is 2.33. The van der Waals surface area contributed by atoms with Crippen molar-refractivity contribution in [2.45, 2.75) is 6.92 Å². The first-order chi connectivity index (χ1) is 12.6. The molecule has 0 aliphatic rings. The number of hydrogen-bond acceptors (Lipinski definition) is 6. The maximum absolute atomic E-state index is 11.9. The van der Waals surface area contributed by atoms with Gasteiger partial charge in [0, 0.05) is 11.6 Å². The Hall–Kier alpha value is -3.22. The minimum atomic E-state index is -0.371. The van der Waals surface area contributed by atoms with E-state index in [1.807, 2.05) is 25.1 Å². The van der Waals surface area contributed by atoms with E-state index in [0.717, 1.165) is 5.56 Å². The number of hydrazone groups is 1. The fourth-order valence-electron chi connectivity index (χ4n) is 2.22. The van der Waals surface area contributed by atoms with Gasteiger partial charge in [0.25, 0.3) is 5.91 Å². The highest BCUT2D eigenvalue weighted by molar-refractivity contribution is 5.86. The molecule has 0 aliphatic carbocycles. The number of amides is 1.